The molecule has 1 aromatic carbocycles. The van der Waals surface area contributed by atoms with Gasteiger partial charge in [0, 0.05) is 20.1 Å². The Morgan fingerprint density at radius 1 is 1.42 bits per heavy atom. The molecule has 3 nitrogen and oxygen atoms in total. The molecule has 1 heterocycles. The molecule has 0 amide bonds. The van der Waals surface area contributed by atoms with Gasteiger partial charge in [-0.1, -0.05) is 42.3 Å². The van der Waals surface area contributed by atoms with E-state index in [4.69, 9.17) is 6.42 Å². The van der Waals surface area contributed by atoms with Crippen molar-refractivity contribution < 1.29 is 0 Å². The van der Waals surface area contributed by atoms with Gasteiger partial charge >= 0.3 is 0 Å². The molecule has 0 radical (unpaired) electrons. The van der Waals surface area contributed by atoms with Gasteiger partial charge in [0.05, 0.1) is 6.54 Å². The van der Waals surface area contributed by atoms with Gasteiger partial charge in [-0.05, 0) is 17.6 Å². The third-order valence-corrected chi connectivity index (χ3v) is 3.21. The number of nitrogens with zero attached hydrogens (tertiary/aromatic N) is 2. The summed E-state index contributed by atoms with van der Waals surface area (Å²) in [7, 11) is 1.79. The third-order valence-electron chi connectivity index (χ3n) is 3.21. The van der Waals surface area contributed by atoms with Crippen LogP contribution in [0.15, 0.2) is 41.4 Å². The van der Waals surface area contributed by atoms with E-state index < -0.39 is 0 Å². The zero-order valence-electron chi connectivity index (χ0n) is 11.3. The predicted molar refractivity (Wildman–Crippen MR) is 80.8 cm³/mol. The lowest BCUT2D eigenvalue weighted by atomic mass is 10.00. The van der Waals surface area contributed by atoms with Gasteiger partial charge in [-0.3, -0.25) is 4.99 Å². The maximum Gasteiger partial charge on any atom is 0.194 e. The molecule has 0 bridgehead atoms. The largest absolute Gasteiger partial charge is 0.345 e. The van der Waals surface area contributed by atoms with Crippen molar-refractivity contribution in [2.75, 3.05) is 26.7 Å². The number of aliphatic imine (C=N–C) groups is 1. The normalized spacial score (nSPS) is 15.7. The Hall–Kier alpha value is -2.21. The number of terminal acetylenes is 1. The molecule has 98 valence electrons. The minimum Gasteiger partial charge on any atom is -0.345 e. The Labute approximate surface area is 115 Å². The van der Waals surface area contributed by atoms with E-state index in [1.165, 1.54) is 11.1 Å². The van der Waals surface area contributed by atoms with Gasteiger partial charge in [0.1, 0.15) is 0 Å². The van der Waals surface area contributed by atoms with E-state index >= 15 is 0 Å². The van der Waals surface area contributed by atoms with Crippen LogP contribution in [0.4, 0.5) is 0 Å². The van der Waals surface area contributed by atoms with E-state index in [-0.39, 0.29) is 0 Å². The van der Waals surface area contributed by atoms with Crippen molar-refractivity contribution >= 4 is 11.5 Å². The van der Waals surface area contributed by atoms with E-state index in [1.807, 2.05) is 6.07 Å². The standard InChI is InChI=1S/C16H19N3/c1-3-11-18-16(17-2)19-12-9-15(10-13-19)14-7-5-4-6-8-14/h1,4-9H,10-13H2,2H3,(H,17,18). The van der Waals surface area contributed by atoms with Crippen molar-refractivity contribution in [1.82, 2.24) is 10.2 Å². The van der Waals surface area contributed by atoms with Crippen molar-refractivity contribution in [3.63, 3.8) is 0 Å². The van der Waals surface area contributed by atoms with Crippen LogP contribution in [-0.4, -0.2) is 37.5 Å². The van der Waals surface area contributed by atoms with Crippen LogP contribution in [-0.2, 0) is 0 Å². The molecular weight excluding hydrogens is 234 g/mol. The second-order valence-corrected chi connectivity index (χ2v) is 4.40. The molecule has 1 aromatic rings. The fourth-order valence-electron chi connectivity index (χ4n) is 2.24. The fourth-order valence-corrected chi connectivity index (χ4v) is 2.24. The van der Waals surface area contributed by atoms with Gasteiger partial charge in [0.2, 0.25) is 0 Å². The van der Waals surface area contributed by atoms with Gasteiger partial charge in [-0.25, -0.2) is 0 Å². The number of guanidine groups is 1. The molecule has 0 saturated heterocycles. The molecule has 0 aromatic heterocycles. The van der Waals surface area contributed by atoms with Crippen molar-refractivity contribution in [3.05, 3.63) is 42.0 Å². The number of hydrogen-bond acceptors (Lipinski definition) is 1. The molecule has 0 atom stereocenters. The monoisotopic (exact) mass is 253 g/mol. The van der Waals surface area contributed by atoms with Crippen LogP contribution < -0.4 is 5.32 Å². The summed E-state index contributed by atoms with van der Waals surface area (Å²) in [6.07, 6.45) is 8.56. The highest BCUT2D eigenvalue weighted by molar-refractivity contribution is 5.81. The highest BCUT2D eigenvalue weighted by Crippen LogP contribution is 2.21. The van der Waals surface area contributed by atoms with Crippen LogP contribution in [0.2, 0.25) is 0 Å². The first kappa shape index (κ1) is 13.2. The van der Waals surface area contributed by atoms with E-state index in [9.17, 15) is 0 Å². The summed E-state index contributed by atoms with van der Waals surface area (Å²) in [5.74, 6) is 3.45. The molecule has 19 heavy (non-hydrogen) atoms. The van der Waals surface area contributed by atoms with Crippen molar-refractivity contribution in [2.45, 2.75) is 6.42 Å². The molecule has 1 aliphatic rings. The smallest absolute Gasteiger partial charge is 0.194 e. The molecule has 0 aliphatic carbocycles. The summed E-state index contributed by atoms with van der Waals surface area (Å²) in [5.41, 5.74) is 2.72. The van der Waals surface area contributed by atoms with Crippen molar-refractivity contribution in [2.24, 2.45) is 4.99 Å². The first-order valence-corrected chi connectivity index (χ1v) is 6.48. The Kier molecular flexibility index (Phi) is 4.63. The van der Waals surface area contributed by atoms with Crippen LogP contribution in [0.1, 0.15) is 12.0 Å². The van der Waals surface area contributed by atoms with E-state index in [0.29, 0.717) is 6.54 Å². The summed E-state index contributed by atoms with van der Waals surface area (Å²) in [6.45, 7) is 2.35. The zero-order valence-corrected chi connectivity index (χ0v) is 11.3. The van der Waals surface area contributed by atoms with Crippen LogP contribution in [0.3, 0.4) is 0 Å². The van der Waals surface area contributed by atoms with E-state index in [0.717, 1.165) is 25.5 Å². The van der Waals surface area contributed by atoms with Crippen LogP contribution in [0, 0.1) is 12.3 Å². The minimum atomic E-state index is 0.512. The molecule has 0 spiro atoms. The number of hydrogen-bond donors (Lipinski definition) is 1. The lowest BCUT2D eigenvalue weighted by molar-refractivity contribution is 0.443. The van der Waals surface area contributed by atoms with Gasteiger partial charge < -0.3 is 10.2 Å². The maximum atomic E-state index is 5.26. The Morgan fingerprint density at radius 2 is 2.21 bits per heavy atom. The van der Waals surface area contributed by atoms with Crippen molar-refractivity contribution in [1.29, 1.82) is 0 Å². The predicted octanol–water partition coefficient (Wildman–Crippen LogP) is 1.98. The molecule has 1 N–H and O–H groups in total. The Balaban J connectivity index is 2.02. The van der Waals surface area contributed by atoms with Gasteiger partial charge in [0.15, 0.2) is 5.96 Å². The highest BCUT2D eigenvalue weighted by atomic mass is 15.3. The molecule has 0 saturated carbocycles. The van der Waals surface area contributed by atoms with Gasteiger partial charge in [-0.15, -0.1) is 6.42 Å². The summed E-state index contributed by atoms with van der Waals surface area (Å²) in [6, 6.07) is 10.5. The summed E-state index contributed by atoms with van der Waals surface area (Å²) in [5, 5.41) is 3.15. The van der Waals surface area contributed by atoms with Gasteiger partial charge in [0.25, 0.3) is 0 Å². The highest BCUT2D eigenvalue weighted by Gasteiger charge is 2.15. The number of benzene rings is 1. The van der Waals surface area contributed by atoms with Crippen LogP contribution in [0.5, 0.6) is 0 Å². The SMILES string of the molecule is C#CCNC(=NC)N1CC=C(c2ccccc2)CC1. The molecule has 0 unspecified atom stereocenters. The quantitative estimate of drug-likeness (QED) is 0.496. The van der Waals surface area contributed by atoms with Crippen LogP contribution >= 0.6 is 0 Å². The average Bonchev–Trinajstić information content (AvgIpc) is 2.49. The van der Waals surface area contributed by atoms with Crippen LogP contribution in [0.25, 0.3) is 5.57 Å². The molecular formula is C16H19N3. The molecule has 0 fully saturated rings. The van der Waals surface area contributed by atoms with E-state index in [2.05, 4.69) is 51.5 Å². The lowest BCUT2D eigenvalue weighted by Crippen LogP contribution is -2.43. The molecule has 3 heteroatoms. The van der Waals surface area contributed by atoms with Gasteiger partial charge in [-0.2, -0.15) is 0 Å². The minimum absolute atomic E-state index is 0.512. The topological polar surface area (TPSA) is 27.6 Å². The summed E-state index contributed by atoms with van der Waals surface area (Å²) < 4.78 is 0. The second kappa shape index (κ2) is 6.65. The Morgan fingerprint density at radius 3 is 2.79 bits per heavy atom. The average molecular weight is 253 g/mol. The number of rotatable bonds is 2. The first-order chi connectivity index (χ1) is 9.35. The lowest BCUT2D eigenvalue weighted by Gasteiger charge is -2.29. The zero-order chi connectivity index (χ0) is 13.5. The Bertz CT molecular complexity index is 509. The summed E-state index contributed by atoms with van der Waals surface area (Å²) in [4.78, 5) is 6.47. The van der Waals surface area contributed by atoms with E-state index in [1.54, 1.807) is 7.05 Å². The second-order valence-electron chi connectivity index (χ2n) is 4.40. The summed E-state index contributed by atoms with van der Waals surface area (Å²) >= 11 is 0. The number of nitrogens with one attached hydrogen (secondary N) is 1. The first-order valence-electron chi connectivity index (χ1n) is 6.48. The third kappa shape index (κ3) is 3.38. The fraction of sp³-hybridized carbons (Fsp3) is 0.312. The maximum absolute atomic E-state index is 5.26. The van der Waals surface area contributed by atoms with Crippen molar-refractivity contribution in [3.8, 4) is 12.3 Å². The molecule has 1 aliphatic heterocycles. The molecule has 2 rings (SSSR count).